The number of rotatable bonds is 3. The van der Waals surface area contributed by atoms with Crippen molar-refractivity contribution in [1.29, 1.82) is 0 Å². The highest BCUT2D eigenvalue weighted by Crippen LogP contribution is 2.54. The third kappa shape index (κ3) is 2.96. The Hall–Kier alpha value is -1.21. The number of hydrogen-bond acceptors (Lipinski definition) is 1. The van der Waals surface area contributed by atoms with Crippen LogP contribution in [0.3, 0.4) is 0 Å². The van der Waals surface area contributed by atoms with E-state index in [4.69, 9.17) is 0 Å². The standard InChI is InChI=1S/C21H24S/c1-3-8-16(9-4-1)14-18-15-21(17-10-5-2-6-11-17)22-20-13-7-12-19(18)20/h1-6,8-11,18-21H,7,12-15H2. The lowest BCUT2D eigenvalue weighted by atomic mass is 9.81. The van der Waals surface area contributed by atoms with Gasteiger partial charge in [0.15, 0.2) is 0 Å². The highest BCUT2D eigenvalue weighted by molar-refractivity contribution is 8.00. The van der Waals surface area contributed by atoms with Crippen LogP contribution in [-0.4, -0.2) is 5.25 Å². The molecule has 1 heteroatoms. The second-order valence-corrected chi connectivity index (χ2v) is 8.30. The normalized spacial score (nSPS) is 30.9. The van der Waals surface area contributed by atoms with Crippen molar-refractivity contribution in [2.75, 3.05) is 0 Å². The van der Waals surface area contributed by atoms with Crippen LogP contribution < -0.4 is 0 Å². The first-order valence-electron chi connectivity index (χ1n) is 8.64. The van der Waals surface area contributed by atoms with Crippen molar-refractivity contribution in [1.82, 2.24) is 0 Å². The Balaban J connectivity index is 1.56. The van der Waals surface area contributed by atoms with Gasteiger partial charge in [-0.25, -0.2) is 0 Å². The molecule has 4 atom stereocenters. The van der Waals surface area contributed by atoms with Gasteiger partial charge in [0.05, 0.1) is 0 Å². The molecule has 0 N–H and O–H groups in total. The highest BCUT2D eigenvalue weighted by Gasteiger charge is 2.41. The van der Waals surface area contributed by atoms with Crippen LogP contribution in [0.1, 0.15) is 42.1 Å². The molecule has 0 aromatic heterocycles. The van der Waals surface area contributed by atoms with Crippen molar-refractivity contribution in [2.45, 2.75) is 42.6 Å². The van der Waals surface area contributed by atoms with Gasteiger partial charge in [0, 0.05) is 10.5 Å². The van der Waals surface area contributed by atoms with E-state index in [0.29, 0.717) is 5.25 Å². The van der Waals surface area contributed by atoms with Crippen molar-refractivity contribution in [3.63, 3.8) is 0 Å². The summed E-state index contributed by atoms with van der Waals surface area (Å²) in [6.07, 6.45) is 6.95. The first-order valence-corrected chi connectivity index (χ1v) is 9.59. The molecule has 114 valence electrons. The summed E-state index contributed by atoms with van der Waals surface area (Å²) in [4.78, 5) is 0. The van der Waals surface area contributed by atoms with Crippen LogP contribution in [0.2, 0.25) is 0 Å². The number of fused-ring (bicyclic) bond motifs is 1. The third-order valence-electron chi connectivity index (χ3n) is 5.48. The van der Waals surface area contributed by atoms with E-state index in [-0.39, 0.29) is 0 Å². The van der Waals surface area contributed by atoms with Gasteiger partial charge in [0.1, 0.15) is 0 Å². The Morgan fingerprint density at radius 3 is 2.36 bits per heavy atom. The Bertz CT molecular complexity index is 592. The lowest BCUT2D eigenvalue weighted by Crippen LogP contribution is -2.29. The summed E-state index contributed by atoms with van der Waals surface area (Å²) >= 11 is 2.27. The van der Waals surface area contributed by atoms with Crippen molar-refractivity contribution in [3.05, 3.63) is 71.8 Å². The molecule has 4 unspecified atom stereocenters. The molecule has 1 heterocycles. The second-order valence-electron chi connectivity index (χ2n) is 6.85. The fraction of sp³-hybridized carbons (Fsp3) is 0.429. The van der Waals surface area contributed by atoms with Crippen LogP contribution in [0.15, 0.2) is 60.7 Å². The Morgan fingerprint density at radius 1 is 0.864 bits per heavy atom. The molecule has 0 bridgehead atoms. The van der Waals surface area contributed by atoms with Gasteiger partial charge < -0.3 is 0 Å². The monoisotopic (exact) mass is 308 g/mol. The maximum absolute atomic E-state index is 2.33. The van der Waals surface area contributed by atoms with E-state index < -0.39 is 0 Å². The van der Waals surface area contributed by atoms with E-state index in [1.54, 1.807) is 0 Å². The average Bonchev–Trinajstić information content (AvgIpc) is 3.05. The number of benzene rings is 2. The molecule has 2 aromatic rings. The van der Waals surface area contributed by atoms with Gasteiger partial charge in [0.25, 0.3) is 0 Å². The zero-order valence-electron chi connectivity index (χ0n) is 13.0. The van der Waals surface area contributed by atoms with Crippen molar-refractivity contribution in [3.8, 4) is 0 Å². The molecule has 0 spiro atoms. The van der Waals surface area contributed by atoms with Crippen LogP contribution in [0, 0.1) is 11.8 Å². The van der Waals surface area contributed by atoms with Crippen molar-refractivity contribution < 1.29 is 0 Å². The molecular weight excluding hydrogens is 284 g/mol. The van der Waals surface area contributed by atoms with Gasteiger partial charge in [0.2, 0.25) is 0 Å². The largest absolute Gasteiger partial charge is 0.150 e. The summed E-state index contributed by atoms with van der Waals surface area (Å²) in [5.41, 5.74) is 3.06. The summed E-state index contributed by atoms with van der Waals surface area (Å²) in [5, 5.41) is 1.60. The van der Waals surface area contributed by atoms with E-state index >= 15 is 0 Å². The van der Waals surface area contributed by atoms with Gasteiger partial charge >= 0.3 is 0 Å². The SMILES string of the molecule is c1ccc(CC2CC(c3ccccc3)SC3CCCC23)cc1. The molecule has 4 rings (SSSR count). The molecule has 1 aliphatic heterocycles. The van der Waals surface area contributed by atoms with Crippen LogP contribution >= 0.6 is 11.8 Å². The minimum atomic E-state index is 0.703. The fourth-order valence-electron chi connectivity index (χ4n) is 4.41. The van der Waals surface area contributed by atoms with E-state index in [2.05, 4.69) is 72.4 Å². The minimum absolute atomic E-state index is 0.703. The minimum Gasteiger partial charge on any atom is -0.150 e. The van der Waals surface area contributed by atoms with Gasteiger partial charge in [-0.1, -0.05) is 67.1 Å². The van der Waals surface area contributed by atoms with Crippen molar-refractivity contribution in [2.24, 2.45) is 11.8 Å². The quantitative estimate of drug-likeness (QED) is 0.681. The Labute approximate surface area is 138 Å². The van der Waals surface area contributed by atoms with E-state index in [1.807, 2.05) is 0 Å². The number of thioether (sulfide) groups is 1. The highest BCUT2D eigenvalue weighted by atomic mass is 32.2. The predicted molar refractivity (Wildman–Crippen MR) is 96.2 cm³/mol. The summed E-state index contributed by atoms with van der Waals surface area (Å²) in [6, 6.07) is 22.3. The van der Waals surface area contributed by atoms with Crippen LogP contribution in [0.25, 0.3) is 0 Å². The van der Waals surface area contributed by atoms with Gasteiger partial charge in [-0.2, -0.15) is 11.8 Å². The molecule has 0 radical (unpaired) electrons. The summed E-state index contributed by atoms with van der Waals surface area (Å²) in [7, 11) is 0. The molecule has 2 aliphatic rings. The molecular formula is C21H24S. The number of hydrogen-bond donors (Lipinski definition) is 0. The van der Waals surface area contributed by atoms with Crippen LogP contribution in [0.4, 0.5) is 0 Å². The van der Waals surface area contributed by atoms with E-state index in [9.17, 15) is 0 Å². The van der Waals surface area contributed by atoms with Crippen molar-refractivity contribution >= 4 is 11.8 Å². The first kappa shape index (κ1) is 14.4. The van der Waals surface area contributed by atoms with Crippen LogP contribution in [-0.2, 0) is 6.42 Å². The topological polar surface area (TPSA) is 0 Å². The molecule has 1 saturated heterocycles. The Kier molecular flexibility index (Phi) is 4.25. The van der Waals surface area contributed by atoms with Gasteiger partial charge in [-0.05, 0) is 48.6 Å². The predicted octanol–water partition coefficient (Wildman–Crippen LogP) is 5.89. The molecule has 22 heavy (non-hydrogen) atoms. The maximum Gasteiger partial charge on any atom is 0.0303 e. The summed E-state index contributed by atoms with van der Waals surface area (Å²) < 4.78 is 0. The molecule has 2 fully saturated rings. The second kappa shape index (κ2) is 6.50. The first-order chi connectivity index (χ1) is 10.9. The third-order valence-corrected chi connectivity index (χ3v) is 7.21. The van der Waals surface area contributed by atoms with E-state index in [0.717, 1.165) is 17.1 Å². The smallest absolute Gasteiger partial charge is 0.0303 e. The molecule has 0 nitrogen and oxygen atoms in total. The average molecular weight is 308 g/mol. The molecule has 1 saturated carbocycles. The summed E-state index contributed by atoms with van der Waals surface area (Å²) in [5.74, 6) is 1.81. The molecule has 1 aliphatic carbocycles. The van der Waals surface area contributed by atoms with Gasteiger partial charge in [-0.3, -0.25) is 0 Å². The zero-order valence-corrected chi connectivity index (χ0v) is 13.8. The Morgan fingerprint density at radius 2 is 1.59 bits per heavy atom. The van der Waals surface area contributed by atoms with E-state index in [1.165, 1.54) is 43.2 Å². The molecule has 0 amide bonds. The lowest BCUT2D eigenvalue weighted by molar-refractivity contribution is 0.306. The van der Waals surface area contributed by atoms with Gasteiger partial charge in [-0.15, -0.1) is 0 Å². The lowest BCUT2D eigenvalue weighted by Gasteiger charge is -2.39. The molecule has 2 aromatic carbocycles. The fourth-order valence-corrected chi connectivity index (χ4v) is 6.37. The summed E-state index contributed by atoms with van der Waals surface area (Å²) in [6.45, 7) is 0. The van der Waals surface area contributed by atoms with Crippen LogP contribution in [0.5, 0.6) is 0 Å². The maximum atomic E-state index is 2.33. The zero-order chi connectivity index (χ0) is 14.8.